The van der Waals surface area contributed by atoms with E-state index >= 15 is 0 Å². The lowest BCUT2D eigenvalue weighted by Crippen LogP contribution is -2.39. The van der Waals surface area contributed by atoms with Crippen LogP contribution < -0.4 is 16.0 Å². The van der Waals surface area contributed by atoms with Gasteiger partial charge in [0, 0.05) is 31.4 Å². The molecule has 19 heavy (non-hydrogen) atoms. The Hall–Kier alpha value is -1.55. The van der Waals surface area contributed by atoms with Crippen molar-refractivity contribution in [1.29, 1.82) is 0 Å². The second-order valence-corrected chi connectivity index (χ2v) is 5.12. The molecule has 2 rings (SSSR count). The number of hydrogen-bond acceptors (Lipinski definition) is 3. The molecule has 0 unspecified atom stereocenters. The third kappa shape index (κ3) is 3.96. The van der Waals surface area contributed by atoms with Gasteiger partial charge in [0.05, 0.1) is 6.42 Å². The SMILES string of the molecule is CCNC(=O)Cc1cccc(N2CCC(N)CC2)c1. The van der Waals surface area contributed by atoms with Gasteiger partial charge >= 0.3 is 0 Å². The Morgan fingerprint density at radius 1 is 1.42 bits per heavy atom. The highest BCUT2D eigenvalue weighted by Gasteiger charge is 2.16. The Kier molecular flexibility index (Phi) is 4.80. The summed E-state index contributed by atoms with van der Waals surface area (Å²) < 4.78 is 0. The Morgan fingerprint density at radius 3 is 2.84 bits per heavy atom. The molecule has 4 nitrogen and oxygen atoms in total. The van der Waals surface area contributed by atoms with Crippen molar-refractivity contribution in [2.24, 2.45) is 5.73 Å². The minimum absolute atomic E-state index is 0.0836. The minimum atomic E-state index is 0.0836. The number of nitrogens with two attached hydrogens (primary N) is 1. The Balaban J connectivity index is 2.00. The first kappa shape index (κ1) is 13.9. The summed E-state index contributed by atoms with van der Waals surface area (Å²) in [4.78, 5) is 14.0. The lowest BCUT2D eigenvalue weighted by Gasteiger charge is -2.32. The largest absolute Gasteiger partial charge is 0.371 e. The highest BCUT2D eigenvalue weighted by atomic mass is 16.1. The fourth-order valence-electron chi connectivity index (χ4n) is 2.47. The van der Waals surface area contributed by atoms with E-state index in [4.69, 9.17) is 5.73 Å². The predicted molar refractivity (Wildman–Crippen MR) is 78.3 cm³/mol. The zero-order valence-electron chi connectivity index (χ0n) is 11.6. The van der Waals surface area contributed by atoms with E-state index in [1.165, 1.54) is 5.69 Å². The minimum Gasteiger partial charge on any atom is -0.371 e. The number of hydrogen-bond donors (Lipinski definition) is 2. The predicted octanol–water partition coefficient (Wildman–Crippen LogP) is 1.29. The Morgan fingerprint density at radius 2 is 2.16 bits per heavy atom. The molecular weight excluding hydrogens is 238 g/mol. The molecule has 4 heteroatoms. The number of nitrogens with zero attached hydrogens (tertiary/aromatic N) is 1. The van der Waals surface area contributed by atoms with Crippen LogP contribution in [0, 0.1) is 0 Å². The van der Waals surface area contributed by atoms with E-state index in [9.17, 15) is 4.79 Å². The summed E-state index contributed by atoms with van der Waals surface area (Å²) in [7, 11) is 0. The van der Waals surface area contributed by atoms with Crippen LogP contribution in [0.15, 0.2) is 24.3 Å². The second kappa shape index (κ2) is 6.57. The lowest BCUT2D eigenvalue weighted by molar-refractivity contribution is -0.120. The molecule has 0 spiro atoms. The van der Waals surface area contributed by atoms with Crippen LogP contribution in [-0.4, -0.2) is 31.6 Å². The van der Waals surface area contributed by atoms with Crippen LogP contribution in [0.25, 0.3) is 0 Å². The van der Waals surface area contributed by atoms with Gasteiger partial charge in [-0.3, -0.25) is 4.79 Å². The van der Waals surface area contributed by atoms with Crippen molar-refractivity contribution >= 4 is 11.6 Å². The average Bonchev–Trinajstić information content (AvgIpc) is 2.40. The molecule has 0 aliphatic carbocycles. The summed E-state index contributed by atoms with van der Waals surface area (Å²) in [5.74, 6) is 0.0836. The number of likely N-dealkylation sites (N-methyl/N-ethyl adjacent to an activating group) is 1. The summed E-state index contributed by atoms with van der Waals surface area (Å²) >= 11 is 0. The Labute approximate surface area is 115 Å². The van der Waals surface area contributed by atoms with E-state index in [0.717, 1.165) is 31.5 Å². The Bertz CT molecular complexity index is 425. The van der Waals surface area contributed by atoms with Crippen molar-refractivity contribution in [2.75, 3.05) is 24.5 Å². The summed E-state index contributed by atoms with van der Waals surface area (Å²) in [6.07, 6.45) is 2.54. The first-order chi connectivity index (χ1) is 9.19. The van der Waals surface area contributed by atoms with Crippen molar-refractivity contribution in [3.63, 3.8) is 0 Å². The maximum Gasteiger partial charge on any atom is 0.224 e. The van der Waals surface area contributed by atoms with Crippen LogP contribution in [-0.2, 0) is 11.2 Å². The molecule has 1 aliphatic heterocycles. The van der Waals surface area contributed by atoms with E-state index in [-0.39, 0.29) is 5.91 Å². The number of rotatable bonds is 4. The van der Waals surface area contributed by atoms with Gasteiger partial charge in [0.1, 0.15) is 0 Å². The molecule has 0 bridgehead atoms. The van der Waals surface area contributed by atoms with Crippen molar-refractivity contribution in [1.82, 2.24) is 5.32 Å². The van der Waals surface area contributed by atoms with Gasteiger partial charge in [-0.15, -0.1) is 0 Å². The van der Waals surface area contributed by atoms with Crippen LogP contribution in [0.1, 0.15) is 25.3 Å². The van der Waals surface area contributed by atoms with Gasteiger partial charge in [0.15, 0.2) is 0 Å². The summed E-state index contributed by atoms with van der Waals surface area (Å²) in [6.45, 7) is 4.63. The zero-order valence-corrected chi connectivity index (χ0v) is 11.6. The molecule has 0 atom stereocenters. The van der Waals surface area contributed by atoms with Gasteiger partial charge in [0.25, 0.3) is 0 Å². The van der Waals surface area contributed by atoms with E-state index in [1.54, 1.807) is 0 Å². The first-order valence-corrected chi connectivity index (χ1v) is 7.05. The van der Waals surface area contributed by atoms with Gasteiger partial charge in [-0.1, -0.05) is 12.1 Å². The highest BCUT2D eigenvalue weighted by molar-refractivity contribution is 5.78. The monoisotopic (exact) mass is 261 g/mol. The molecular formula is C15H23N3O. The molecule has 1 heterocycles. The number of amides is 1. The molecule has 104 valence electrons. The number of carbonyl (C=O) groups is 1. The molecule has 1 aliphatic rings. The second-order valence-electron chi connectivity index (χ2n) is 5.12. The fraction of sp³-hybridized carbons (Fsp3) is 0.533. The maximum atomic E-state index is 11.6. The molecule has 0 radical (unpaired) electrons. The van der Waals surface area contributed by atoms with Crippen LogP contribution >= 0.6 is 0 Å². The van der Waals surface area contributed by atoms with E-state index in [2.05, 4.69) is 22.3 Å². The smallest absolute Gasteiger partial charge is 0.224 e. The third-order valence-electron chi connectivity index (χ3n) is 3.55. The number of piperidine rings is 1. The van der Waals surface area contributed by atoms with Crippen molar-refractivity contribution in [3.8, 4) is 0 Å². The van der Waals surface area contributed by atoms with E-state index in [1.807, 2.05) is 19.1 Å². The third-order valence-corrected chi connectivity index (χ3v) is 3.55. The number of anilines is 1. The standard InChI is InChI=1S/C15H23N3O/c1-2-17-15(19)11-12-4-3-5-14(10-12)18-8-6-13(16)7-9-18/h3-5,10,13H,2,6-9,11,16H2,1H3,(H,17,19). The van der Waals surface area contributed by atoms with Crippen molar-refractivity contribution in [3.05, 3.63) is 29.8 Å². The molecule has 1 amide bonds. The number of benzene rings is 1. The normalized spacial score (nSPS) is 16.4. The molecule has 1 fully saturated rings. The fourth-order valence-corrected chi connectivity index (χ4v) is 2.47. The van der Waals surface area contributed by atoms with Crippen LogP contribution in [0.5, 0.6) is 0 Å². The van der Waals surface area contributed by atoms with E-state index < -0.39 is 0 Å². The van der Waals surface area contributed by atoms with Crippen molar-refractivity contribution in [2.45, 2.75) is 32.2 Å². The lowest BCUT2D eigenvalue weighted by atomic mass is 10.0. The summed E-state index contributed by atoms with van der Waals surface area (Å²) in [6, 6.07) is 8.60. The molecule has 3 N–H and O–H groups in total. The zero-order chi connectivity index (χ0) is 13.7. The van der Waals surface area contributed by atoms with Gasteiger partial charge < -0.3 is 16.0 Å². The summed E-state index contributed by atoms with van der Waals surface area (Å²) in [5.41, 5.74) is 8.19. The van der Waals surface area contributed by atoms with Crippen LogP contribution in [0.4, 0.5) is 5.69 Å². The van der Waals surface area contributed by atoms with Gasteiger partial charge in [-0.05, 0) is 37.5 Å². The molecule has 1 aromatic rings. The maximum absolute atomic E-state index is 11.6. The molecule has 0 aromatic heterocycles. The quantitative estimate of drug-likeness (QED) is 0.858. The number of nitrogens with one attached hydrogen (secondary N) is 1. The first-order valence-electron chi connectivity index (χ1n) is 7.05. The number of carbonyl (C=O) groups excluding carboxylic acids is 1. The van der Waals surface area contributed by atoms with Gasteiger partial charge in [-0.25, -0.2) is 0 Å². The molecule has 1 aromatic carbocycles. The average molecular weight is 261 g/mol. The van der Waals surface area contributed by atoms with Gasteiger partial charge in [0.2, 0.25) is 5.91 Å². The molecule has 1 saturated heterocycles. The van der Waals surface area contributed by atoms with E-state index in [0.29, 0.717) is 19.0 Å². The van der Waals surface area contributed by atoms with Crippen LogP contribution in [0.3, 0.4) is 0 Å². The van der Waals surface area contributed by atoms with Crippen LogP contribution in [0.2, 0.25) is 0 Å². The van der Waals surface area contributed by atoms with Crippen molar-refractivity contribution < 1.29 is 4.79 Å². The van der Waals surface area contributed by atoms with Gasteiger partial charge in [-0.2, -0.15) is 0 Å². The summed E-state index contributed by atoms with van der Waals surface area (Å²) in [5, 5.41) is 2.83. The highest BCUT2D eigenvalue weighted by Crippen LogP contribution is 2.20. The topological polar surface area (TPSA) is 58.4 Å². The molecule has 0 saturated carbocycles.